The zero-order valence-corrected chi connectivity index (χ0v) is 16.8. The molecular weight excluding hydrogens is 332 g/mol. The van der Waals surface area contributed by atoms with Crippen LogP contribution in [0.25, 0.3) is 0 Å². The zero-order chi connectivity index (χ0) is 18.6. The standard InChI is InChI=1S/C25H34O2/c1-3-25(26)15-13-23-22-10-8-17-16-19(27-18-6-4-5-7-18)9-11-20(17)21(22)12-14-24(23,25)2/h1,8,16,18,20-23,26H,4-7,9-15H2,2H3/t20-,21+,22+,23-,24-,25-/m0/s1. The van der Waals surface area contributed by atoms with E-state index in [1.165, 1.54) is 44.3 Å². The summed E-state index contributed by atoms with van der Waals surface area (Å²) in [6.07, 6.45) is 24.0. The Morgan fingerprint density at radius 2 is 1.93 bits per heavy atom. The van der Waals surface area contributed by atoms with E-state index in [-0.39, 0.29) is 5.41 Å². The maximum Gasteiger partial charge on any atom is 0.130 e. The van der Waals surface area contributed by atoms with Gasteiger partial charge in [0.2, 0.25) is 0 Å². The molecule has 5 aliphatic carbocycles. The molecule has 0 aromatic rings. The zero-order valence-electron chi connectivity index (χ0n) is 16.8. The summed E-state index contributed by atoms with van der Waals surface area (Å²) in [6, 6.07) is 0. The van der Waals surface area contributed by atoms with Crippen LogP contribution < -0.4 is 0 Å². The van der Waals surface area contributed by atoms with Crippen molar-refractivity contribution in [1.29, 1.82) is 0 Å². The second kappa shape index (κ2) is 6.41. The lowest BCUT2D eigenvalue weighted by Gasteiger charge is -2.53. The molecule has 1 N–H and O–H groups in total. The molecule has 5 rings (SSSR count). The number of allylic oxidation sites excluding steroid dienone is 4. The molecule has 0 unspecified atom stereocenters. The second-order valence-electron chi connectivity index (χ2n) is 10.2. The highest BCUT2D eigenvalue weighted by molar-refractivity contribution is 5.32. The first-order valence-corrected chi connectivity index (χ1v) is 11.3. The SMILES string of the molecule is C#C[C@]1(O)CC[C@H]2[C@@H]3CC=C4C=C(OC5CCCC5)CC[C@@H]4[C@H]3CC[C@@]21C. The average molecular weight is 367 g/mol. The van der Waals surface area contributed by atoms with Crippen molar-refractivity contribution in [2.45, 2.75) is 89.3 Å². The molecule has 0 heterocycles. The van der Waals surface area contributed by atoms with Crippen LogP contribution in [0, 0.1) is 41.4 Å². The van der Waals surface area contributed by atoms with Gasteiger partial charge in [0.05, 0.1) is 11.9 Å². The van der Waals surface area contributed by atoms with E-state index in [2.05, 4.69) is 25.0 Å². The normalized spacial score (nSPS) is 46.6. The molecule has 146 valence electrons. The van der Waals surface area contributed by atoms with E-state index in [1.54, 1.807) is 5.57 Å². The first kappa shape index (κ1) is 17.9. The number of ether oxygens (including phenoxy) is 1. The lowest BCUT2D eigenvalue weighted by Crippen LogP contribution is -2.51. The molecular formula is C25H34O2. The van der Waals surface area contributed by atoms with Gasteiger partial charge in [-0.05, 0) is 99.5 Å². The molecule has 0 aromatic heterocycles. The van der Waals surface area contributed by atoms with Gasteiger partial charge in [0.15, 0.2) is 0 Å². The van der Waals surface area contributed by atoms with Crippen molar-refractivity contribution in [3.63, 3.8) is 0 Å². The van der Waals surface area contributed by atoms with E-state index >= 15 is 0 Å². The molecule has 27 heavy (non-hydrogen) atoms. The lowest BCUT2D eigenvalue weighted by atomic mass is 9.51. The molecule has 0 radical (unpaired) electrons. The molecule has 2 heteroatoms. The first-order valence-electron chi connectivity index (χ1n) is 11.3. The van der Waals surface area contributed by atoms with Gasteiger partial charge >= 0.3 is 0 Å². The van der Waals surface area contributed by atoms with Crippen LogP contribution in [0.15, 0.2) is 23.5 Å². The molecule has 2 nitrogen and oxygen atoms in total. The predicted molar refractivity (Wildman–Crippen MR) is 108 cm³/mol. The number of rotatable bonds is 2. The summed E-state index contributed by atoms with van der Waals surface area (Å²) in [6.45, 7) is 2.27. The van der Waals surface area contributed by atoms with Gasteiger partial charge in [0.25, 0.3) is 0 Å². The van der Waals surface area contributed by atoms with Crippen LogP contribution in [-0.2, 0) is 4.74 Å². The largest absolute Gasteiger partial charge is 0.495 e. The van der Waals surface area contributed by atoms with Gasteiger partial charge in [-0.3, -0.25) is 0 Å². The van der Waals surface area contributed by atoms with E-state index in [1.807, 2.05) is 0 Å². The maximum atomic E-state index is 11.1. The Bertz CT molecular complexity index is 706. The summed E-state index contributed by atoms with van der Waals surface area (Å²) >= 11 is 0. The number of hydrogen-bond donors (Lipinski definition) is 1. The van der Waals surface area contributed by atoms with Gasteiger partial charge in [0, 0.05) is 11.8 Å². The highest BCUT2D eigenvalue weighted by Crippen LogP contribution is 2.64. The Balaban J connectivity index is 1.36. The summed E-state index contributed by atoms with van der Waals surface area (Å²) < 4.78 is 6.33. The minimum Gasteiger partial charge on any atom is -0.495 e. The fourth-order valence-corrected chi connectivity index (χ4v) is 7.50. The third kappa shape index (κ3) is 2.65. The third-order valence-corrected chi connectivity index (χ3v) is 9.10. The Morgan fingerprint density at radius 1 is 1.11 bits per heavy atom. The maximum absolute atomic E-state index is 11.1. The Labute approximate surface area is 164 Å². The molecule has 0 aromatic carbocycles. The van der Waals surface area contributed by atoms with Gasteiger partial charge in [-0.15, -0.1) is 6.42 Å². The molecule has 5 aliphatic rings. The number of aliphatic hydroxyl groups is 1. The second-order valence-corrected chi connectivity index (χ2v) is 10.2. The Kier molecular flexibility index (Phi) is 4.24. The topological polar surface area (TPSA) is 29.5 Å². The van der Waals surface area contributed by atoms with Crippen molar-refractivity contribution in [2.75, 3.05) is 0 Å². The minimum atomic E-state index is -0.888. The number of fused-ring (bicyclic) bond motifs is 5. The highest BCUT2D eigenvalue weighted by atomic mass is 16.5. The van der Waals surface area contributed by atoms with Gasteiger partial charge < -0.3 is 9.84 Å². The predicted octanol–water partition coefficient (Wildman–Crippen LogP) is 5.38. The van der Waals surface area contributed by atoms with Gasteiger partial charge in [-0.1, -0.05) is 18.9 Å². The number of terminal acetylenes is 1. The Hall–Kier alpha value is -1.20. The van der Waals surface area contributed by atoms with Crippen LogP contribution in [0.5, 0.6) is 0 Å². The van der Waals surface area contributed by atoms with E-state index < -0.39 is 5.60 Å². The molecule has 3 fully saturated rings. The van der Waals surface area contributed by atoms with Crippen LogP contribution in [0.4, 0.5) is 0 Å². The van der Waals surface area contributed by atoms with E-state index in [0.29, 0.717) is 23.9 Å². The summed E-state index contributed by atoms with van der Waals surface area (Å²) in [4.78, 5) is 0. The van der Waals surface area contributed by atoms with Crippen LogP contribution >= 0.6 is 0 Å². The molecule has 0 spiro atoms. The van der Waals surface area contributed by atoms with Crippen molar-refractivity contribution < 1.29 is 9.84 Å². The quantitative estimate of drug-likeness (QED) is 0.665. The minimum absolute atomic E-state index is 0.0878. The van der Waals surface area contributed by atoms with Gasteiger partial charge in [-0.25, -0.2) is 0 Å². The van der Waals surface area contributed by atoms with Crippen molar-refractivity contribution in [1.82, 2.24) is 0 Å². The molecule has 0 aliphatic heterocycles. The van der Waals surface area contributed by atoms with Gasteiger partial charge in [0.1, 0.15) is 5.60 Å². The average Bonchev–Trinajstić information content (AvgIpc) is 3.28. The van der Waals surface area contributed by atoms with E-state index in [9.17, 15) is 5.11 Å². The molecule has 0 saturated heterocycles. The van der Waals surface area contributed by atoms with Crippen molar-refractivity contribution in [3.8, 4) is 12.3 Å². The summed E-state index contributed by atoms with van der Waals surface area (Å²) in [5.74, 6) is 6.77. The fourth-order valence-electron chi connectivity index (χ4n) is 7.50. The molecule has 6 atom stereocenters. The lowest BCUT2D eigenvalue weighted by molar-refractivity contribution is -0.0805. The summed E-state index contributed by atoms with van der Waals surface area (Å²) in [5, 5.41) is 11.1. The van der Waals surface area contributed by atoms with Gasteiger partial charge in [-0.2, -0.15) is 0 Å². The summed E-state index contributed by atoms with van der Waals surface area (Å²) in [7, 11) is 0. The van der Waals surface area contributed by atoms with E-state index in [0.717, 1.165) is 38.0 Å². The van der Waals surface area contributed by atoms with Crippen LogP contribution in [-0.4, -0.2) is 16.8 Å². The number of hydrogen-bond acceptors (Lipinski definition) is 2. The van der Waals surface area contributed by atoms with Crippen LogP contribution in [0.3, 0.4) is 0 Å². The first-order chi connectivity index (χ1) is 13.0. The third-order valence-electron chi connectivity index (χ3n) is 9.10. The molecule has 3 saturated carbocycles. The fraction of sp³-hybridized carbons (Fsp3) is 0.760. The smallest absolute Gasteiger partial charge is 0.130 e. The van der Waals surface area contributed by atoms with Crippen LogP contribution in [0.1, 0.15) is 77.6 Å². The molecule has 0 amide bonds. The van der Waals surface area contributed by atoms with Crippen LogP contribution in [0.2, 0.25) is 0 Å². The Morgan fingerprint density at radius 3 is 2.70 bits per heavy atom. The molecule has 0 bridgehead atoms. The monoisotopic (exact) mass is 366 g/mol. The van der Waals surface area contributed by atoms with Crippen molar-refractivity contribution in [2.24, 2.45) is 29.1 Å². The van der Waals surface area contributed by atoms with Crippen molar-refractivity contribution in [3.05, 3.63) is 23.5 Å². The highest BCUT2D eigenvalue weighted by Gasteiger charge is 2.61. The summed E-state index contributed by atoms with van der Waals surface area (Å²) in [5.41, 5.74) is 0.570. The van der Waals surface area contributed by atoms with Crippen molar-refractivity contribution >= 4 is 0 Å². The van der Waals surface area contributed by atoms with E-state index in [4.69, 9.17) is 11.2 Å².